The van der Waals surface area contributed by atoms with Crippen molar-refractivity contribution < 1.29 is 0 Å². The van der Waals surface area contributed by atoms with Crippen LogP contribution in [-0.2, 0) is 13.1 Å². The molecule has 0 fully saturated rings. The Balaban J connectivity index is 2.33. The first-order valence-corrected chi connectivity index (χ1v) is 8.71. The molecule has 0 amide bonds. The van der Waals surface area contributed by atoms with Crippen LogP contribution in [0.3, 0.4) is 0 Å². The number of fused-ring (bicyclic) bond motifs is 3. The van der Waals surface area contributed by atoms with Crippen LogP contribution >= 0.6 is 0 Å². The van der Waals surface area contributed by atoms with Gasteiger partial charge in [0.25, 0.3) is 0 Å². The summed E-state index contributed by atoms with van der Waals surface area (Å²) in [6.07, 6.45) is 0. The molecule has 3 rings (SSSR count). The maximum Gasteiger partial charge on any atom is 0.215 e. The van der Waals surface area contributed by atoms with E-state index >= 15 is 0 Å². The smallest absolute Gasteiger partial charge is 0.215 e. The number of imidazole rings is 2. The molecular formula is C19H28N4. The molecule has 2 aromatic heterocycles. The zero-order valence-electron chi connectivity index (χ0n) is 15.3. The van der Waals surface area contributed by atoms with Crippen molar-refractivity contribution in [2.75, 3.05) is 13.1 Å². The molecule has 124 valence electrons. The summed E-state index contributed by atoms with van der Waals surface area (Å²) in [6, 6.07) is 4.62. The van der Waals surface area contributed by atoms with Crippen LogP contribution in [0.5, 0.6) is 0 Å². The lowest BCUT2D eigenvalue weighted by Crippen LogP contribution is -2.23. The Morgan fingerprint density at radius 2 is 1.57 bits per heavy atom. The van der Waals surface area contributed by atoms with Crippen molar-refractivity contribution in [3.05, 3.63) is 34.6 Å². The Bertz CT molecular complexity index is 850. The van der Waals surface area contributed by atoms with Gasteiger partial charge in [-0.1, -0.05) is 13.8 Å². The van der Waals surface area contributed by atoms with E-state index in [-0.39, 0.29) is 0 Å². The summed E-state index contributed by atoms with van der Waals surface area (Å²) in [5.74, 6) is 1.08. The van der Waals surface area contributed by atoms with Crippen LogP contribution in [0.1, 0.15) is 43.3 Å². The van der Waals surface area contributed by atoms with E-state index in [1.54, 1.807) is 0 Å². The summed E-state index contributed by atoms with van der Waals surface area (Å²) in [7, 11) is 0. The van der Waals surface area contributed by atoms with E-state index in [1.807, 2.05) is 0 Å². The largest absolute Gasteiger partial charge is 0.310 e. The molecule has 0 aliphatic rings. The van der Waals surface area contributed by atoms with Gasteiger partial charge < -0.3 is 4.57 Å². The molecule has 0 radical (unpaired) electrons. The van der Waals surface area contributed by atoms with Crippen LogP contribution in [0, 0.1) is 20.8 Å². The number of nitrogens with zero attached hydrogens (tertiary/aromatic N) is 4. The minimum absolute atomic E-state index is 0.941. The van der Waals surface area contributed by atoms with Crippen molar-refractivity contribution in [2.45, 2.75) is 54.6 Å². The summed E-state index contributed by atoms with van der Waals surface area (Å²) < 4.78 is 4.71. The van der Waals surface area contributed by atoms with E-state index in [2.05, 4.69) is 67.5 Å². The topological polar surface area (TPSA) is 25.5 Å². The predicted octanol–water partition coefficient (Wildman–Crippen LogP) is 4.08. The molecule has 0 unspecified atom stereocenters. The van der Waals surface area contributed by atoms with Gasteiger partial charge in [0.2, 0.25) is 5.78 Å². The van der Waals surface area contributed by atoms with Gasteiger partial charge in [0.05, 0.1) is 22.4 Å². The van der Waals surface area contributed by atoms with Gasteiger partial charge in [-0.15, -0.1) is 0 Å². The Kier molecular flexibility index (Phi) is 4.19. The minimum atomic E-state index is 0.941. The summed E-state index contributed by atoms with van der Waals surface area (Å²) in [4.78, 5) is 7.35. The lowest BCUT2D eigenvalue weighted by atomic mass is 10.1. The van der Waals surface area contributed by atoms with E-state index < -0.39 is 0 Å². The molecule has 0 aliphatic heterocycles. The SMILES string of the molecule is CCN(CC)Cc1c(C)nc2n(CC)c3cc(C)c(C)cc3n12. The van der Waals surface area contributed by atoms with Crippen molar-refractivity contribution in [2.24, 2.45) is 0 Å². The van der Waals surface area contributed by atoms with Gasteiger partial charge in [0.15, 0.2) is 0 Å². The lowest BCUT2D eigenvalue weighted by molar-refractivity contribution is 0.291. The van der Waals surface area contributed by atoms with Gasteiger partial charge in [-0.3, -0.25) is 9.30 Å². The molecule has 4 nitrogen and oxygen atoms in total. The number of benzene rings is 1. The van der Waals surface area contributed by atoms with Gasteiger partial charge in [-0.05, 0) is 64.0 Å². The minimum Gasteiger partial charge on any atom is -0.310 e. The van der Waals surface area contributed by atoms with E-state index in [9.17, 15) is 0 Å². The molecule has 2 heterocycles. The van der Waals surface area contributed by atoms with Crippen molar-refractivity contribution in [3.8, 4) is 0 Å². The average Bonchev–Trinajstić information content (AvgIpc) is 2.99. The first-order chi connectivity index (χ1) is 11.0. The van der Waals surface area contributed by atoms with Crippen molar-refractivity contribution in [1.29, 1.82) is 0 Å². The standard InChI is InChI=1S/C19H28N4/c1-7-21(8-2)12-18-15(6)20-19-22(9-3)16-10-13(4)14(5)11-17(16)23(18)19/h10-11H,7-9,12H2,1-6H3. The molecule has 0 saturated carbocycles. The summed E-state index contributed by atoms with van der Waals surface area (Å²) in [6.45, 7) is 17.2. The van der Waals surface area contributed by atoms with Crippen LogP contribution in [0.2, 0.25) is 0 Å². The second-order valence-corrected chi connectivity index (χ2v) is 6.41. The Labute approximate surface area is 138 Å². The van der Waals surface area contributed by atoms with Crippen molar-refractivity contribution in [1.82, 2.24) is 18.9 Å². The monoisotopic (exact) mass is 312 g/mol. The molecule has 23 heavy (non-hydrogen) atoms. The van der Waals surface area contributed by atoms with E-state index in [0.717, 1.165) is 37.7 Å². The third kappa shape index (κ3) is 2.45. The fourth-order valence-electron chi connectivity index (χ4n) is 3.43. The quantitative estimate of drug-likeness (QED) is 0.709. The maximum atomic E-state index is 4.90. The molecule has 0 N–H and O–H groups in total. The van der Waals surface area contributed by atoms with Crippen LogP contribution in [0.15, 0.2) is 12.1 Å². The number of aryl methyl sites for hydroxylation is 4. The van der Waals surface area contributed by atoms with E-state index in [1.165, 1.54) is 27.9 Å². The fourth-order valence-corrected chi connectivity index (χ4v) is 3.43. The summed E-state index contributed by atoms with van der Waals surface area (Å²) in [5, 5.41) is 0. The van der Waals surface area contributed by atoms with Gasteiger partial charge in [0.1, 0.15) is 0 Å². The number of hydrogen-bond donors (Lipinski definition) is 0. The first kappa shape index (κ1) is 16.1. The van der Waals surface area contributed by atoms with Crippen LogP contribution in [-0.4, -0.2) is 31.9 Å². The molecule has 0 aliphatic carbocycles. The van der Waals surface area contributed by atoms with Gasteiger partial charge in [-0.2, -0.15) is 0 Å². The number of aromatic nitrogens is 3. The number of hydrogen-bond acceptors (Lipinski definition) is 2. The Morgan fingerprint density at radius 1 is 0.957 bits per heavy atom. The molecule has 3 aromatic rings. The van der Waals surface area contributed by atoms with Gasteiger partial charge in [0, 0.05) is 13.1 Å². The van der Waals surface area contributed by atoms with Gasteiger partial charge >= 0.3 is 0 Å². The van der Waals surface area contributed by atoms with E-state index in [4.69, 9.17) is 4.98 Å². The van der Waals surface area contributed by atoms with Crippen molar-refractivity contribution in [3.63, 3.8) is 0 Å². The normalized spacial score (nSPS) is 12.1. The fraction of sp³-hybridized carbons (Fsp3) is 0.526. The average molecular weight is 312 g/mol. The first-order valence-electron chi connectivity index (χ1n) is 8.71. The zero-order valence-corrected chi connectivity index (χ0v) is 15.3. The highest BCUT2D eigenvalue weighted by atomic mass is 15.2. The second kappa shape index (κ2) is 6.00. The molecule has 4 heteroatoms. The lowest BCUT2D eigenvalue weighted by Gasteiger charge is -2.18. The molecule has 0 saturated heterocycles. The van der Waals surface area contributed by atoms with Gasteiger partial charge in [-0.25, -0.2) is 4.98 Å². The third-order valence-electron chi connectivity index (χ3n) is 5.10. The Hall–Kier alpha value is -1.81. The van der Waals surface area contributed by atoms with Crippen LogP contribution < -0.4 is 0 Å². The van der Waals surface area contributed by atoms with Crippen LogP contribution in [0.4, 0.5) is 0 Å². The van der Waals surface area contributed by atoms with Crippen LogP contribution in [0.25, 0.3) is 16.8 Å². The highest BCUT2D eigenvalue weighted by Crippen LogP contribution is 2.27. The molecular weight excluding hydrogens is 284 g/mol. The predicted molar refractivity (Wildman–Crippen MR) is 97.2 cm³/mol. The second-order valence-electron chi connectivity index (χ2n) is 6.41. The maximum absolute atomic E-state index is 4.90. The third-order valence-corrected chi connectivity index (χ3v) is 5.10. The highest BCUT2D eigenvalue weighted by molar-refractivity contribution is 5.83. The number of rotatable bonds is 5. The van der Waals surface area contributed by atoms with Crippen molar-refractivity contribution >= 4 is 16.8 Å². The molecule has 0 bridgehead atoms. The molecule has 1 aromatic carbocycles. The Morgan fingerprint density at radius 3 is 2.13 bits per heavy atom. The zero-order chi connectivity index (χ0) is 16.7. The van der Waals surface area contributed by atoms with E-state index in [0.29, 0.717) is 0 Å². The molecule has 0 atom stereocenters. The molecule has 0 spiro atoms. The summed E-state index contributed by atoms with van der Waals surface area (Å²) >= 11 is 0. The highest BCUT2D eigenvalue weighted by Gasteiger charge is 2.19. The summed E-state index contributed by atoms with van der Waals surface area (Å²) in [5.41, 5.74) is 7.73.